The number of carbonyl (C=O) groups excluding carboxylic acids is 2. The number of rotatable bonds is 3. The van der Waals surface area contributed by atoms with Gasteiger partial charge in [-0.3, -0.25) is 14.4 Å². The maximum atomic E-state index is 12.9. The van der Waals surface area contributed by atoms with Gasteiger partial charge in [-0.2, -0.15) is 0 Å². The van der Waals surface area contributed by atoms with E-state index < -0.39 is 0 Å². The number of hydrogen-bond acceptors (Lipinski definition) is 4. The van der Waals surface area contributed by atoms with E-state index in [2.05, 4.69) is 4.98 Å². The van der Waals surface area contributed by atoms with E-state index in [-0.39, 0.29) is 35.3 Å². The molecule has 0 spiro atoms. The quantitative estimate of drug-likeness (QED) is 0.847. The Morgan fingerprint density at radius 3 is 2.38 bits per heavy atom. The van der Waals surface area contributed by atoms with Crippen molar-refractivity contribution in [3.05, 3.63) is 27.4 Å². The molecular weight excluding hydrogens is 368 g/mol. The van der Waals surface area contributed by atoms with Crippen LogP contribution in [0.15, 0.2) is 4.79 Å². The second kappa shape index (κ2) is 7.58. The number of fused-ring (bicyclic) bond motifs is 1. The van der Waals surface area contributed by atoms with Crippen molar-refractivity contribution in [3.8, 4) is 0 Å². The minimum Gasteiger partial charge on any atom is -0.337 e. The third-order valence-electron chi connectivity index (χ3n) is 7.13. The number of aromatic amines is 1. The molecule has 156 valence electrons. The van der Waals surface area contributed by atoms with Crippen LogP contribution < -0.4 is 5.56 Å². The molecule has 0 aromatic carbocycles. The van der Waals surface area contributed by atoms with Crippen LogP contribution in [-0.2, 0) is 22.6 Å². The molecule has 2 aliphatic carbocycles. The van der Waals surface area contributed by atoms with Crippen LogP contribution in [0.3, 0.4) is 0 Å². The SMILES string of the molecule is O=C(C1CCCC1)N1CCc2nc([C@H]3CCCCN3C(=O)C3CC3)[nH]c(=O)c2C1. The number of nitrogens with one attached hydrogen (secondary N) is 1. The minimum atomic E-state index is -0.140. The van der Waals surface area contributed by atoms with Gasteiger partial charge in [-0.1, -0.05) is 12.8 Å². The van der Waals surface area contributed by atoms with Crippen molar-refractivity contribution in [1.82, 2.24) is 19.8 Å². The molecule has 3 heterocycles. The molecule has 7 nitrogen and oxygen atoms in total. The van der Waals surface area contributed by atoms with Crippen molar-refractivity contribution < 1.29 is 9.59 Å². The molecular formula is C22H30N4O3. The lowest BCUT2D eigenvalue weighted by molar-refractivity contribution is -0.137. The van der Waals surface area contributed by atoms with E-state index in [0.29, 0.717) is 30.9 Å². The van der Waals surface area contributed by atoms with Crippen molar-refractivity contribution >= 4 is 11.8 Å². The number of likely N-dealkylation sites (tertiary alicyclic amines) is 1. The molecule has 2 saturated carbocycles. The van der Waals surface area contributed by atoms with Gasteiger partial charge in [0.05, 0.1) is 23.8 Å². The number of amides is 2. The molecule has 1 saturated heterocycles. The number of H-pyrrole nitrogens is 1. The molecule has 0 bridgehead atoms. The summed E-state index contributed by atoms with van der Waals surface area (Å²) in [5.74, 6) is 1.37. The van der Waals surface area contributed by atoms with Crippen molar-refractivity contribution in [3.63, 3.8) is 0 Å². The lowest BCUT2D eigenvalue weighted by Crippen LogP contribution is -2.44. The Morgan fingerprint density at radius 1 is 0.897 bits per heavy atom. The summed E-state index contributed by atoms with van der Waals surface area (Å²) < 4.78 is 0. The van der Waals surface area contributed by atoms with Crippen molar-refractivity contribution in [1.29, 1.82) is 0 Å². The predicted molar refractivity (Wildman–Crippen MR) is 107 cm³/mol. The zero-order valence-electron chi connectivity index (χ0n) is 17.0. The molecule has 29 heavy (non-hydrogen) atoms. The molecule has 7 heteroatoms. The molecule has 1 N–H and O–H groups in total. The molecule has 0 unspecified atom stereocenters. The fourth-order valence-corrected chi connectivity index (χ4v) is 5.27. The Balaban J connectivity index is 1.37. The van der Waals surface area contributed by atoms with E-state index >= 15 is 0 Å². The van der Waals surface area contributed by atoms with Gasteiger partial charge >= 0.3 is 0 Å². The second-order valence-electron chi connectivity index (χ2n) is 9.19. The van der Waals surface area contributed by atoms with E-state index in [9.17, 15) is 14.4 Å². The summed E-state index contributed by atoms with van der Waals surface area (Å²) in [7, 11) is 0. The summed E-state index contributed by atoms with van der Waals surface area (Å²) in [6.07, 6.45) is 9.71. The lowest BCUT2D eigenvalue weighted by Gasteiger charge is -2.36. The average molecular weight is 399 g/mol. The average Bonchev–Trinajstić information content (AvgIpc) is 3.46. The highest BCUT2D eigenvalue weighted by atomic mass is 16.2. The first-order valence-electron chi connectivity index (χ1n) is 11.3. The van der Waals surface area contributed by atoms with Gasteiger partial charge in [-0.25, -0.2) is 4.98 Å². The molecule has 1 atom stereocenters. The molecule has 1 aromatic rings. The van der Waals surface area contributed by atoms with E-state index in [1.165, 1.54) is 0 Å². The maximum absolute atomic E-state index is 12.9. The number of carbonyl (C=O) groups is 2. The first-order chi connectivity index (χ1) is 14.1. The van der Waals surface area contributed by atoms with E-state index in [0.717, 1.165) is 70.0 Å². The van der Waals surface area contributed by atoms with Crippen LogP contribution in [0.4, 0.5) is 0 Å². The van der Waals surface area contributed by atoms with Crippen molar-refractivity contribution in [2.24, 2.45) is 11.8 Å². The van der Waals surface area contributed by atoms with Crippen LogP contribution in [0.25, 0.3) is 0 Å². The fourth-order valence-electron chi connectivity index (χ4n) is 5.27. The monoisotopic (exact) mass is 398 g/mol. The van der Waals surface area contributed by atoms with Crippen LogP contribution in [0.2, 0.25) is 0 Å². The van der Waals surface area contributed by atoms with Gasteiger partial charge < -0.3 is 14.8 Å². The van der Waals surface area contributed by atoms with Crippen LogP contribution in [0, 0.1) is 11.8 Å². The van der Waals surface area contributed by atoms with Crippen molar-refractivity contribution in [2.45, 2.75) is 76.8 Å². The summed E-state index contributed by atoms with van der Waals surface area (Å²) >= 11 is 0. The first kappa shape index (κ1) is 18.8. The second-order valence-corrected chi connectivity index (χ2v) is 9.19. The van der Waals surface area contributed by atoms with Gasteiger partial charge in [0.1, 0.15) is 5.82 Å². The van der Waals surface area contributed by atoms with Gasteiger partial charge in [0.15, 0.2) is 0 Å². The van der Waals surface area contributed by atoms with Gasteiger partial charge in [-0.05, 0) is 44.9 Å². The zero-order chi connectivity index (χ0) is 20.0. The molecule has 2 amide bonds. The molecule has 1 aromatic heterocycles. The Labute approximate surface area is 170 Å². The molecule has 2 aliphatic heterocycles. The van der Waals surface area contributed by atoms with Crippen molar-refractivity contribution in [2.75, 3.05) is 13.1 Å². The van der Waals surface area contributed by atoms with Crippen LogP contribution in [0.1, 0.15) is 80.9 Å². The molecule has 4 aliphatic rings. The zero-order valence-corrected chi connectivity index (χ0v) is 17.0. The van der Waals surface area contributed by atoms with Crippen LogP contribution >= 0.6 is 0 Å². The molecule has 3 fully saturated rings. The predicted octanol–water partition coefficient (Wildman–Crippen LogP) is 2.31. The topological polar surface area (TPSA) is 86.4 Å². The summed E-state index contributed by atoms with van der Waals surface area (Å²) in [6.45, 7) is 1.75. The molecule has 5 rings (SSSR count). The third kappa shape index (κ3) is 3.60. The summed E-state index contributed by atoms with van der Waals surface area (Å²) in [6, 6.07) is -0.118. The fraction of sp³-hybridized carbons (Fsp3) is 0.727. The highest BCUT2D eigenvalue weighted by Gasteiger charge is 2.39. The maximum Gasteiger partial charge on any atom is 0.256 e. The number of piperidine rings is 1. The van der Waals surface area contributed by atoms with Gasteiger partial charge in [-0.15, -0.1) is 0 Å². The Morgan fingerprint density at radius 2 is 1.62 bits per heavy atom. The van der Waals surface area contributed by atoms with Gasteiger partial charge in [0.2, 0.25) is 11.8 Å². The smallest absolute Gasteiger partial charge is 0.256 e. The van der Waals surface area contributed by atoms with Crippen LogP contribution in [0.5, 0.6) is 0 Å². The third-order valence-corrected chi connectivity index (χ3v) is 7.13. The number of hydrogen-bond donors (Lipinski definition) is 1. The number of aromatic nitrogens is 2. The Bertz CT molecular complexity index is 869. The molecule has 0 radical (unpaired) electrons. The van der Waals surface area contributed by atoms with Crippen LogP contribution in [-0.4, -0.2) is 44.7 Å². The van der Waals surface area contributed by atoms with Gasteiger partial charge in [0, 0.05) is 31.3 Å². The number of nitrogens with zero attached hydrogens (tertiary/aromatic N) is 3. The minimum absolute atomic E-state index is 0.118. The largest absolute Gasteiger partial charge is 0.337 e. The first-order valence-corrected chi connectivity index (χ1v) is 11.3. The summed E-state index contributed by atoms with van der Waals surface area (Å²) in [5.41, 5.74) is 1.30. The summed E-state index contributed by atoms with van der Waals surface area (Å²) in [5, 5.41) is 0. The Kier molecular flexibility index (Phi) is 4.92. The van der Waals surface area contributed by atoms with Gasteiger partial charge in [0.25, 0.3) is 5.56 Å². The van der Waals surface area contributed by atoms with E-state index in [1.807, 2.05) is 9.80 Å². The highest BCUT2D eigenvalue weighted by molar-refractivity contribution is 5.81. The van der Waals surface area contributed by atoms with E-state index in [1.54, 1.807) is 0 Å². The standard InChI is InChI=1S/C22H30N4O3/c27-20-16-13-25(21(28)14-5-1-2-6-14)12-10-17(16)23-19(24-20)18-7-3-4-11-26(18)22(29)15-8-9-15/h14-15,18H,1-13H2,(H,23,24,27)/t18-/m1/s1. The Hall–Kier alpha value is -2.18. The summed E-state index contributed by atoms with van der Waals surface area (Å²) in [4.78, 5) is 50.0. The normalized spacial score (nSPS) is 25.2. The highest BCUT2D eigenvalue weighted by Crippen LogP contribution is 2.37. The van der Waals surface area contributed by atoms with E-state index in [4.69, 9.17) is 4.98 Å². The lowest BCUT2D eigenvalue weighted by atomic mass is 9.99.